The van der Waals surface area contributed by atoms with Crippen molar-refractivity contribution in [3.63, 3.8) is 0 Å². The number of anilines is 3. The van der Waals surface area contributed by atoms with Gasteiger partial charge in [0.05, 0.1) is 0 Å². The van der Waals surface area contributed by atoms with Gasteiger partial charge in [0, 0.05) is 24.7 Å². The number of nitrogens with zero attached hydrogens (tertiary/aromatic N) is 2. The van der Waals surface area contributed by atoms with Crippen LogP contribution in [0.4, 0.5) is 17.3 Å². The van der Waals surface area contributed by atoms with Crippen LogP contribution < -0.4 is 10.6 Å². The Balaban J connectivity index is 2.23. The standard InChI is InChI=1S/C15H20N4/c1-4-13-18-14(16-5-2)10-15(19-13)17-12-8-6-11(3)7-9-12/h6-10H,4-5H2,1-3H3,(H2,16,17,18,19). The molecule has 0 saturated heterocycles. The maximum atomic E-state index is 4.49. The lowest BCUT2D eigenvalue weighted by Gasteiger charge is -2.10. The summed E-state index contributed by atoms with van der Waals surface area (Å²) in [7, 11) is 0. The Hall–Kier alpha value is -2.10. The van der Waals surface area contributed by atoms with Crippen molar-refractivity contribution >= 4 is 17.3 Å². The summed E-state index contributed by atoms with van der Waals surface area (Å²) in [4.78, 5) is 8.92. The lowest BCUT2D eigenvalue weighted by atomic mass is 10.2. The van der Waals surface area contributed by atoms with Crippen LogP contribution in [-0.4, -0.2) is 16.5 Å². The van der Waals surface area contributed by atoms with Gasteiger partial charge in [0.2, 0.25) is 0 Å². The second kappa shape index (κ2) is 6.18. The lowest BCUT2D eigenvalue weighted by molar-refractivity contribution is 0.939. The van der Waals surface area contributed by atoms with E-state index in [1.165, 1.54) is 5.56 Å². The van der Waals surface area contributed by atoms with Crippen LogP contribution in [0, 0.1) is 6.92 Å². The fraction of sp³-hybridized carbons (Fsp3) is 0.333. The second-order valence-corrected chi connectivity index (χ2v) is 4.43. The smallest absolute Gasteiger partial charge is 0.136 e. The fourth-order valence-corrected chi connectivity index (χ4v) is 1.78. The molecule has 0 amide bonds. The number of nitrogens with one attached hydrogen (secondary N) is 2. The number of hydrogen-bond donors (Lipinski definition) is 2. The van der Waals surface area contributed by atoms with Crippen LogP contribution in [0.3, 0.4) is 0 Å². The first-order valence-corrected chi connectivity index (χ1v) is 6.66. The zero-order valence-electron chi connectivity index (χ0n) is 11.7. The first kappa shape index (κ1) is 13.3. The van der Waals surface area contributed by atoms with Crippen molar-refractivity contribution < 1.29 is 0 Å². The molecular weight excluding hydrogens is 236 g/mol. The average molecular weight is 256 g/mol. The third-order valence-electron chi connectivity index (χ3n) is 2.77. The number of hydrogen-bond acceptors (Lipinski definition) is 4. The number of rotatable bonds is 5. The van der Waals surface area contributed by atoms with E-state index >= 15 is 0 Å². The molecule has 4 heteroatoms. The molecule has 0 fully saturated rings. The molecule has 1 aromatic carbocycles. The molecule has 0 bridgehead atoms. The number of benzene rings is 1. The maximum absolute atomic E-state index is 4.49. The third kappa shape index (κ3) is 3.68. The van der Waals surface area contributed by atoms with Gasteiger partial charge in [0.1, 0.15) is 17.5 Å². The largest absolute Gasteiger partial charge is 0.370 e. The van der Waals surface area contributed by atoms with E-state index in [0.717, 1.165) is 36.1 Å². The molecule has 0 radical (unpaired) electrons. The molecule has 0 aliphatic heterocycles. The van der Waals surface area contributed by atoms with Crippen molar-refractivity contribution in [2.75, 3.05) is 17.2 Å². The summed E-state index contributed by atoms with van der Waals surface area (Å²) < 4.78 is 0. The molecule has 1 heterocycles. The van der Waals surface area contributed by atoms with Crippen LogP contribution in [0.5, 0.6) is 0 Å². The van der Waals surface area contributed by atoms with Gasteiger partial charge in [-0.3, -0.25) is 0 Å². The first-order valence-electron chi connectivity index (χ1n) is 6.66. The van der Waals surface area contributed by atoms with Gasteiger partial charge >= 0.3 is 0 Å². The molecule has 0 atom stereocenters. The van der Waals surface area contributed by atoms with E-state index in [1.54, 1.807) is 0 Å². The molecule has 0 saturated carbocycles. The summed E-state index contributed by atoms with van der Waals surface area (Å²) in [5.41, 5.74) is 2.28. The van der Waals surface area contributed by atoms with Gasteiger partial charge in [-0.15, -0.1) is 0 Å². The molecule has 4 nitrogen and oxygen atoms in total. The monoisotopic (exact) mass is 256 g/mol. The Kier molecular flexibility index (Phi) is 4.34. The van der Waals surface area contributed by atoms with Crippen molar-refractivity contribution in [3.05, 3.63) is 41.7 Å². The van der Waals surface area contributed by atoms with Crippen LogP contribution in [0.15, 0.2) is 30.3 Å². The number of aromatic nitrogens is 2. The Morgan fingerprint density at radius 2 is 1.68 bits per heavy atom. The molecule has 19 heavy (non-hydrogen) atoms. The minimum atomic E-state index is 0.821. The molecule has 2 rings (SSSR count). The van der Waals surface area contributed by atoms with Gasteiger partial charge in [-0.2, -0.15) is 0 Å². The fourth-order valence-electron chi connectivity index (χ4n) is 1.78. The molecule has 1 aromatic heterocycles. The van der Waals surface area contributed by atoms with Gasteiger partial charge < -0.3 is 10.6 Å². The van der Waals surface area contributed by atoms with E-state index in [1.807, 2.05) is 6.07 Å². The zero-order chi connectivity index (χ0) is 13.7. The van der Waals surface area contributed by atoms with Crippen molar-refractivity contribution in [3.8, 4) is 0 Å². The number of aryl methyl sites for hydroxylation is 2. The molecule has 2 aromatic rings. The Morgan fingerprint density at radius 3 is 2.32 bits per heavy atom. The molecule has 0 aliphatic rings. The lowest BCUT2D eigenvalue weighted by Crippen LogP contribution is -2.05. The third-order valence-corrected chi connectivity index (χ3v) is 2.77. The molecule has 0 spiro atoms. The highest BCUT2D eigenvalue weighted by Gasteiger charge is 2.03. The quantitative estimate of drug-likeness (QED) is 0.859. The first-order chi connectivity index (χ1) is 9.21. The molecule has 0 aliphatic carbocycles. The van der Waals surface area contributed by atoms with E-state index in [0.29, 0.717) is 0 Å². The van der Waals surface area contributed by atoms with Crippen LogP contribution in [-0.2, 0) is 6.42 Å². The Morgan fingerprint density at radius 1 is 1.00 bits per heavy atom. The van der Waals surface area contributed by atoms with Crippen molar-refractivity contribution in [1.82, 2.24) is 9.97 Å². The summed E-state index contributed by atoms with van der Waals surface area (Å²) in [6.07, 6.45) is 0.821. The van der Waals surface area contributed by atoms with Crippen molar-refractivity contribution in [1.29, 1.82) is 0 Å². The molecular formula is C15H20N4. The van der Waals surface area contributed by atoms with Gasteiger partial charge in [-0.05, 0) is 26.0 Å². The van der Waals surface area contributed by atoms with Crippen LogP contribution in [0.25, 0.3) is 0 Å². The average Bonchev–Trinajstić information content (AvgIpc) is 2.41. The van der Waals surface area contributed by atoms with Gasteiger partial charge in [0.25, 0.3) is 0 Å². The normalized spacial score (nSPS) is 10.3. The van der Waals surface area contributed by atoms with Crippen LogP contribution in [0.2, 0.25) is 0 Å². The van der Waals surface area contributed by atoms with E-state index in [2.05, 4.69) is 65.6 Å². The van der Waals surface area contributed by atoms with Crippen molar-refractivity contribution in [2.45, 2.75) is 27.2 Å². The van der Waals surface area contributed by atoms with E-state index < -0.39 is 0 Å². The van der Waals surface area contributed by atoms with Crippen LogP contribution in [0.1, 0.15) is 25.2 Å². The van der Waals surface area contributed by atoms with Gasteiger partial charge in [-0.1, -0.05) is 24.6 Å². The Bertz CT molecular complexity index is 534. The molecule has 0 unspecified atom stereocenters. The highest BCUT2D eigenvalue weighted by molar-refractivity contribution is 5.59. The predicted molar refractivity (Wildman–Crippen MR) is 80.0 cm³/mol. The van der Waals surface area contributed by atoms with Gasteiger partial charge in [-0.25, -0.2) is 9.97 Å². The summed E-state index contributed by atoms with van der Waals surface area (Å²) in [5.74, 6) is 2.53. The van der Waals surface area contributed by atoms with Crippen LogP contribution >= 0.6 is 0 Å². The van der Waals surface area contributed by atoms with E-state index in [9.17, 15) is 0 Å². The van der Waals surface area contributed by atoms with Gasteiger partial charge in [0.15, 0.2) is 0 Å². The minimum Gasteiger partial charge on any atom is -0.370 e. The SMILES string of the molecule is CCNc1cc(Nc2ccc(C)cc2)nc(CC)n1. The maximum Gasteiger partial charge on any atom is 0.136 e. The van der Waals surface area contributed by atoms with Crippen molar-refractivity contribution in [2.24, 2.45) is 0 Å². The van der Waals surface area contributed by atoms with E-state index in [4.69, 9.17) is 0 Å². The summed E-state index contributed by atoms with van der Waals surface area (Å²) >= 11 is 0. The highest BCUT2D eigenvalue weighted by atomic mass is 15.1. The van der Waals surface area contributed by atoms with E-state index in [-0.39, 0.29) is 0 Å². The summed E-state index contributed by atoms with van der Waals surface area (Å²) in [5, 5.41) is 6.54. The summed E-state index contributed by atoms with van der Waals surface area (Å²) in [6, 6.07) is 10.2. The molecule has 100 valence electrons. The minimum absolute atomic E-state index is 0.821. The Labute approximate surface area is 114 Å². The predicted octanol–water partition coefficient (Wildman–Crippen LogP) is 3.52. The highest BCUT2D eigenvalue weighted by Crippen LogP contribution is 2.18. The topological polar surface area (TPSA) is 49.8 Å². The zero-order valence-corrected chi connectivity index (χ0v) is 11.7. The molecule has 2 N–H and O–H groups in total. The second-order valence-electron chi connectivity index (χ2n) is 4.43. The summed E-state index contributed by atoms with van der Waals surface area (Å²) in [6.45, 7) is 7.04.